The lowest BCUT2D eigenvalue weighted by Gasteiger charge is -2.18. The highest BCUT2D eigenvalue weighted by atomic mass is 35.5. The molecule has 0 bridgehead atoms. The lowest BCUT2D eigenvalue weighted by Crippen LogP contribution is -2.16. The zero-order chi connectivity index (χ0) is 15.9. The van der Waals surface area contributed by atoms with Gasteiger partial charge in [-0.1, -0.05) is 29.8 Å². The van der Waals surface area contributed by atoms with E-state index < -0.39 is 0 Å². The molecule has 0 aliphatic rings. The van der Waals surface area contributed by atoms with Gasteiger partial charge >= 0.3 is 0 Å². The number of halogens is 1. The van der Waals surface area contributed by atoms with E-state index in [1.54, 1.807) is 0 Å². The molecule has 22 heavy (non-hydrogen) atoms. The molecular formula is C18H23ClN2O. The quantitative estimate of drug-likeness (QED) is 0.841. The highest BCUT2D eigenvalue weighted by Gasteiger charge is 2.10. The number of benzene rings is 2. The molecule has 0 fully saturated rings. The lowest BCUT2D eigenvalue weighted by molar-refractivity contribution is 0.298. The van der Waals surface area contributed by atoms with Crippen LogP contribution in [0.2, 0.25) is 5.02 Å². The summed E-state index contributed by atoms with van der Waals surface area (Å²) in [5, 5.41) is 0.687. The van der Waals surface area contributed by atoms with E-state index in [9.17, 15) is 0 Å². The summed E-state index contributed by atoms with van der Waals surface area (Å²) >= 11 is 5.95. The number of nitrogens with zero attached hydrogens (tertiary/aromatic N) is 1. The van der Waals surface area contributed by atoms with Gasteiger partial charge in [-0.3, -0.25) is 0 Å². The Morgan fingerprint density at radius 2 is 1.86 bits per heavy atom. The van der Waals surface area contributed by atoms with Gasteiger partial charge in [-0.05, 0) is 54.8 Å². The summed E-state index contributed by atoms with van der Waals surface area (Å²) in [4.78, 5) is 2.09. The molecule has 0 aliphatic heterocycles. The maximum atomic E-state index is 5.95. The van der Waals surface area contributed by atoms with Gasteiger partial charge in [0.25, 0.3) is 0 Å². The topological polar surface area (TPSA) is 38.5 Å². The molecule has 2 N–H and O–H groups in total. The molecule has 2 rings (SSSR count). The van der Waals surface area contributed by atoms with Gasteiger partial charge in [0.2, 0.25) is 0 Å². The Labute approximate surface area is 137 Å². The molecule has 3 nitrogen and oxygen atoms in total. The van der Waals surface area contributed by atoms with E-state index in [4.69, 9.17) is 22.1 Å². The largest absolute Gasteiger partial charge is 0.494 e. The summed E-state index contributed by atoms with van der Waals surface area (Å²) in [7, 11) is 4.07. The molecule has 4 heteroatoms. The maximum Gasteiger partial charge on any atom is 0.120 e. The molecule has 2 aromatic rings. The summed E-state index contributed by atoms with van der Waals surface area (Å²) in [6.07, 6.45) is 0.879. The number of nitrogens with two attached hydrogens (primary N) is 1. The lowest BCUT2D eigenvalue weighted by atomic mass is 9.96. The highest BCUT2D eigenvalue weighted by molar-refractivity contribution is 6.30. The Hall–Kier alpha value is -1.71. The standard InChI is InChI=1S/C18H23ClN2O/c1-21(2)17-8-6-14(7-9-17)15(13-20)10-11-22-18-5-3-4-16(19)12-18/h3-9,12,15H,10-11,13,20H2,1-2H3. The number of hydrogen-bond acceptors (Lipinski definition) is 3. The Morgan fingerprint density at radius 1 is 1.14 bits per heavy atom. The molecule has 118 valence electrons. The van der Waals surface area contributed by atoms with E-state index in [1.165, 1.54) is 11.3 Å². The second-order valence-corrected chi connectivity index (χ2v) is 5.95. The van der Waals surface area contributed by atoms with E-state index >= 15 is 0 Å². The number of ether oxygens (including phenoxy) is 1. The monoisotopic (exact) mass is 318 g/mol. The highest BCUT2D eigenvalue weighted by Crippen LogP contribution is 2.23. The molecular weight excluding hydrogens is 296 g/mol. The minimum absolute atomic E-state index is 0.301. The first-order chi connectivity index (χ1) is 10.6. The van der Waals surface area contributed by atoms with Crippen LogP contribution in [-0.2, 0) is 0 Å². The molecule has 0 amide bonds. The molecule has 1 unspecified atom stereocenters. The van der Waals surface area contributed by atoms with E-state index in [0.717, 1.165) is 12.2 Å². The maximum absolute atomic E-state index is 5.95. The number of hydrogen-bond donors (Lipinski definition) is 1. The van der Waals surface area contributed by atoms with Crippen LogP contribution in [0.25, 0.3) is 0 Å². The van der Waals surface area contributed by atoms with Crippen molar-refractivity contribution in [1.82, 2.24) is 0 Å². The predicted octanol–water partition coefficient (Wildman–Crippen LogP) is 3.92. The Balaban J connectivity index is 1.91. The van der Waals surface area contributed by atoms with Crippen molar-refractivity contribution in [3.63, 3.8) is 0 Å². The van der Waals surface area contributed by atoms with Crippen LogP contribution < -0.4 is 15.4 Å². The fourth-order valence-electron chi connectivity index (χ4n) is 2.34. The van der Waals surface area contributed by atoms with Crippen molar-refractivity contribution >= 4 is 17.3 Å². The fraction of sp³-hybridized carbons (Fsp3) is 0.333. The molecule has 0 radical (unpaired) electrons. The van der Waals surface area contributed by atoms with E-state index in [0.29, 0.717) is 24.1 Å². The SMILES string of the molecule is CN(C)c1ccc(C(CN)CCOc2cccc(Cl)c2)cc1. The normalized spacial score (nSPS) is 12.0. The summed E-state index contributed by atoms with van der Waals surface area (Å²) in [5.41, 5.74) is 8.36. The van der Waals surface area contributed by atoms with Gasteiger partial charge < -0.3 is 15.4 Å². The zero-order valence-corrected chi connectivity index (χ0v) is 13.9. The van der Waals surface area contributed by atoms with Crippen molar-refractivity contribution in [3.05, 3.63) is 59.1 Å². The number of rotatable bonds is 7. The third-order valence-corrected chi connectivity index (χ3v) is 3.93. The molecule has 0 aromatic heterocycles. The third-order valence-electron chi connectivity index (χ3n) is 3.70. The van der Waals surface area contributed by atoms with Crippen LogP contribution in [-0.4, -0.2) is 27.2 Å². The Morgan fingerprint density at radius 3 is 2.45 bits per heavy atom. The Bertz CT molecular complexity index is 584. The van der Waals surface area contributed by atoms with Gasteiger partial charge in [0.05, 0.1) is 6.61 Å². The average molecular weight is 319 g/mol. The zero-order valence-electron chi connectivity index (χ0n) is 13.1. The summed E-state index contributed by atoms with van der Waals surface area (Å²) in [5.74, 6) is 1.10. The van der Waals surface area contributed by atoms with Gasteiger partial charge in [0.15, 0.2) is 0 Å². The first-order valence-corrected chi connectivity index (χ1v) is 7.83. The van der Waals surface area contributed by atoms with Gasteiger partial charge in [0, 0.05) is 24.8 Å². The average Bonchev–Trinajstić information content (AvgIpc) is 2.52. The van der Waals surface area contributed by atoms with Crippen LogP contribution >= 0.6 is 11.6 Å². The molecule has 0 aliphatic carbocycles. The second-order valence-electron chi connectivity index (χ2n) is 5.51. The third kappa shape index (κ3) is 4.65. The molecule has 0 heterocycles. The smallest absolute Gasteiger partial charge is 0.120 e. The van der Waals surface area contributed by atoms with Crippen molar-refractivity contribution < 1.29 is 4.74 Å². The van der Waals surface area contributed by atoms with Crippen molar-refractivity contribution in [3.8, 4) is 5.75 Å². The predicted molar refractivity (Wildman–Crippen MR) is 94.1 cm³/mol. The van der Waals surface area contributed by atoms with Crippen molar-refractivity contribution in [2.24, 2.45) is 5.73 Å². The van der Waals surface area contributed by atoms with Crippen LogP contribution in [0.1, 0.15) is 17.9 Å². The first kappa shape index (κ1) is 16.7. The summed E-state index contributed by atoms with van der Waals surface area (Å²) < 4.78 is 5.75. The van der Waals surface area contributed by atoms with Crippen LogP contribution in [0.3, 0.4) is 0 Å². The van der Waals surface area contributed by atoms with Gasteiger partial charge in [-0.25, -0.2) is 0 Å². The van der Waals surface area contributed by atoms with Crippen molar-refractivity contribution in [2.75, 3.05) is 32.1 Å². The molecule has 0 saturated heterocycles. The minimum Gasteiger partial charge on any atom is -0.494 e. The van der Waals surface area contributed by atoms with E-state index in [1.807, 2.05) is 38.4 Å². The first-order valence-electron chi connectivity index (χ1n) is 7.46. The second kappa shape index (κ2) is 8.06. The van der Waals surface area contributed by atoms with Gasteiger partial charge in [-0.15, -0.1) is 0 Å². The minimum atomic E-state index is 0.301. The van der Waals surface area contributed by atoms with E-state index in [2.05, 4.69) is 29.2 Å². The van der Waals surface area contributed by atoms with E-state index in [-0.39, 0.29) is 0 Å². The molecule has 2 aromatic carbocycles. The van der Waals surface area contributed by atoms with Gasteiger partial charge in [0.1, 0.15) is 5.75 Å². The van der Waals surface area contributed by atoms with Crippen molar-refractivity contribution in [1.29, 1.82) is 0 Å². The fourth-order valence-corrected chi connectivity index (χ4v) is 2.52. The van der Waals surface area contributed by atoms with Crippen LogP contribution in [0.15, 0.2) is 48.5 Å². The van der Waals surface area contributed by atoms with Gasteiger partial charge in [-0.2, -0.15) is 0 Å². The summed E-state index contributed by atoms with van der Waals surface area (Å²) in [6, 6.07) is 16.0. The molecule has 0 saturated carbocycles. The molecule has 0 spiro atoms. The van der Waals surface area contributed by atoms with Crippen LogP contribution in [0.4, 0.5) is 5.69 Å². The van der Waals surface area contributed by atoms with Crippen LogP contribution in [0, 0.1) is 0 Å². The summed E-state index contributed by atoms with van der Waals surface area (Å²) in [6.45, 7) is 1.23. The van der Waals surface area contributed by atoms with Crippen molar-refractivity contribution in [2.45, 2.75) is 12.3 Å². The molecule has 1 atom stereocenters. The Kier molecular flexibility index (Phi) is 6.10. The number of anilines is 1. The van der Waals surface area contributed by atoms with Crippen LogP contribution in [0.5, 0.6) is 5.75 Å².